The van der Waals surface area contributed by atoms with Crippen LogP contribution in [0.15, 0.2) is 85.5 Å². The Morgan fingerprint density at radius 1 is 1.11 bits per heavy atom. The first kappa shape index (κ1) is 24.3. The average molecular weight is 565 g/mol. The number of rotatable bonds is 5. The highest BCUT2D eigenvalue weighted by atomic mass is 79.9. The van der Waals surface area contributed by atoms with Crippen LogP contribution in [-0.4, -0.2) is 22.5 Å². The fourth-order valence-corrected chi connectivity index (χ4v) is 4.67. The van der Waals surface area contributed by atoms with Gasteiger partial charge in [-0.2, -0.15) is 9.78 Å². The van der Waals surface area contributed by atoms with E-state index in [9.17, 15) is 4.79 Å². The van der Waals surface area contributed by atoms with Gasteiger partial charge in [-0.1, -0.05) is 62.7 Å². The number of nitrogens with zero attached hydrogens (tertiary/aromatic N) is 3. The molecule has 0 spiro atoms. The molecule has 5 rings (SSSR count). The summed E-state index contributed by atoms with van der Waals surface area (Å²) in [7, 11) is 0. The van der Waals surface area contributed by atoms with Crippen LogP contribution in [-0.2, 0) is 0 Å². The van der Waals surface area contributed by atoms with E-state index in [0.717, 1.165) is 5.39 Å². The molecule has 5 aromatic rings. The van der Waals surface area contributed by atoms with E-state index in [-0.39, 0.29) is 11.0 Å². The molecule has 0 aliphatic heterocycles. The Balaban J connectivity index is 1.68. The summed E-state index contributed by atoms with van der Waals surface area (Å²) in [5.74, 6) is 1.32. The molecule has 0 saturated carbocycles. The lowest BCUT2D eigenvalue weighted by Gasteiger charge is -2.20. The maximum atomic E-state index is 13.5. The van der Waals surface area contributed by atoms with Gasteiger partial charge in [0.15, 0.2) is 5.76 Å². The Morgan fingerprint density at radius 2 is 1.86 bits per heavy atom. The largest absolute Gasteiger partial charge is 0.491 e. The number of fused-ring (bicyclic) bond motifs is 2. The smallest absolute Gasteiger partial charge is 0.282 e. The quantitative estimate of drug-likeness (QED) is 0.207. The van der Waals surface area contributed by atoms with Gasteiger partial charge in [-0.15, -0.1) is 0 Å². The van der Waals surface area contributed by atoms with Crippen LogP contribution in [0.4, 0.5) is 0 Å². The number of ether oxygens (including phenoxy) is 1. The molecule has 6 nitrogen and oxygen atoms in total. The van der Waals surface area contributed by atoms with E-state index < -0.39 is 0 Å². The minimum Gasteiger partial charge on any atom is -0.491 e. The summed E-state index contributed by atoms with van der Waals surface area (Å²) in [5, 5.41) is 6.42. The van der Waals surface area contributed by atoms with Crippen LogP contribution in [0.25, 0.3) is 33.5 Å². The van der Waals surface area contributed by atoms with E-state index in [1.165, 1.54) is 4.68 Å². The van der Waals surface area contributed by atoms with Crippen molar-refractivity contribution < 1.29 is 9.15 Å². The van der Waals surface area contributed by atoms with Crippen molar-refractivity contribution in [2.75, 3.05) is 6.61 Å². The molecule has 8 heteroatoms. The third-order valence-electron chi connectivity index (χ3n) is 5.40. The SMILES string of the molecule is CC(C)(C)COc1c(Br)cc(Cl)cc1C=Nn1c(-c2cc3ccccc3o2)nc2ccccc2c1=O. The van der Waals surface area contributed by atoms with E-state index >= 15 is 0 Å². The Labute approximate surface area is 221 Å². The fraction of sp³-hybridized carbons (Fsp3) is 0.179. The third kappa shape index (κ3) is 4.94. The number of aromatic nitrogens is 2. The summed E-state index contributed by atoms with van der Waals surface area (Å²) in [5.41, 5.74) is 1.51. The molecule has 0 aliphatic carbocycles. The summed E-state index contributed by atoms with van der Waals surface area (Å²) in [6.07, 6.45) is 1.55. The lowest BCUT2D eigenvalue weighted by Crippen LogP contribution is -2.20. The van der Waals surface area contributed by atoms with E-state index in [0.29, 0.717) is 55.5 Å². The molecule has 0 N–H and O–H groups in total. The molecule has 2 aromatic heterocycles. The minimum atomic E-state index is -0.314. The van der Waals surface area contributed by atoms with Crippen LogP contribution in [0, 0.1) is 5.41 Å². The summed E-state index contributed by atoms with van der Waals surface area (Å²) in [6.45, 7) is 6.75. The highest BCUT2D eigenvalue weighted by Crippen LogP contribution is 2.33. The monoisotopic (exact) mass is 563 g/mol. The van der Waals surface area contributed by atoms with Crippen molar-refractivity contribution in [3.05, 3.63) is 92.1 Å². The van der Waals surface area contributed by atoms with Gasteiger partial charge in [0.05, 0.1) is 28.2 Å². The summed E-state index contributed by atoms with van der Waals surface area (Å²) < 4.78 is 14.1. The molecule has 0 atom stereocenters. The number of hydrogen-bond donors (Lipinski definition) is 0. The van der Waals surface area contributed by atoms with E-state index in [1.54, 1.807) is 36.5 Å². The molecule has 0 radical (unpaired) electrons. The average Bonchev–Trinajstić information content (AvgIpc) is 3.26. The number of benzene rings is 3. The predicted octanol–water partition coefficient (Wildman–Crippen LogP) is 7.53. The standard InChI is InChI=1S/C28H23BrClN3O3/c1-28(2,3)16-35-25-18(12-19(30)14-21(25)29)15-31-33-26(24-13-17-8-4-7-11-23(17)36-24)32-22-10-6-5-9-20(22)27(33)34/h4-15H,16H2,1-3H3. The van der Waals surface area contributed by atoms with E-state index in [1.807, 2.05) is 36.4 Å². The number of para-hydroxylation sites is 2. The molecular formula is C28H23BrClN3O3. The van der Waals surface area contributed by atoms with Gasteiger partial charge >= 0.3 is 0 Å². The van der Waals surface area contributed by atoms with Crippen LogP contribution >= 0.6 is 27.5 Å². The zero-order valence-electron chi connectivity index (χ0n) is 20.0. The molecule has 36 heavy (non-hydrogen) atoms. The number of furan rings is 1. The van der Waals surface area contributed by atoms with Crippen LogP contribution in [0.5, 0.6) is 5.75 Å². The Morgan fingerprint density at radius 3 is 2.64 bits per heavy atom. The van der Waals surface area contributed by atoms with Crippen molar-refractivity contribution in [1.29, 1.82) is 0 Å². The minimum absolute atomic E-state index is 0.0544. The number of halogens is 2. The molecule has 0 saturated heterocycles. The van der Waals surface area contributed by atoms with Gasteiger partial charge in [0, 0.05) is 16.0 Å². The van der Waals surface area contributed by atoms with Gasteiger partial charge in [0.1, 0.15) is 11.3 Å². The van der Waals surface area contributed by atoms with Crippen molar-refractivity contribution in [3.8, 4) is 17.3 Å². The zero-order chi connectivity index (χ0) is 25.4. The Hall–Kier alpha value is -3.42. The van der Waals surface area contributed by atoms with Gasteiger partial charge in [0.2, 0.25) is 5.82 Å². The lowest BCUT2D eigenvalue weighted by molar-refractivity contribution is 0.196. The third-order valence-corrected chi connectivity index (χ3v) is 6.21. The van der Waals surface area contributed by atoms with Gasteiger partial charge in [-0.3, -0.25) is 4.79 Å². The fourth-order valence-electron chi connectivity index (χ4n) is 3.72. The Bertz CT molecular complexity index is 1650. The van der Waals surface area contributed by atoms with E-state index in [2.05, 4.69) is 41.8 Å². The van der Waals surface area contributed by atoms with Crippen LogP contribution < -0.4 is 10.3 Å². The maximum absolute atomic E-state index is 13.5. The van der Waals surface area contributed by atoms with Gasteiger partial charge < -0.3 is 9.15 Å². The van der Waals surface area contributed by atoms with Gasteiger partial charge in [-0.05, 0) is 57.7 Å². The Kier molecular flexibility index (Phi) is 6.45. The normalized spacial score (nSPS) is 12.1. The van der Waals surface area contributed by atoms with Gasteiger partial charge in [0.25, 0.3) is 5.56 Å². The van der Waals surface area contributed by atoms with Crippen LogP contribution in [0.1, 0.15) is 26.3 Å². The maximum Gasteiger partial charge on any atom is 0.282 e. The van der Waals surface area contributed by atoms with Crippen molar-refractivity contribution in [1.82, 2.24) is 9.66 Å². The molecule has 3 aromatic carbocycles. The second kappa shape index (κ2) is 9.56. The topological polar surface area (TPSA) is 69.6 Å². The first-order valence-corrected chi connectivity index (χ1v) is 12.5. The van der Waals surface area contributed by atoms with Crippen LogP contribution in [0.2, 0.25) is 5.02 Å². The van der Waals surface area contributed by atoms with E-state index in [4.69, 9.17) is 25.7 Å². The predicted molar refractivity (Wildman–Crippen MR) is 148 cm³/mol. The van der Waals surface area contributed by atoms with Gasteiger partial charge in [-0.25, -0.2) is 4.98 Å². The summed E-state index contributed by atoms with van der Waals surface area (Å²) in [6, 6.07) is 20.2. The number of hydrogen-bond acceptors (Lipinski definition) is 5. The molecule has 0 bridgehead atoms. The first-order chi connectivity index (χ1) is 17.2. The highest BCUT2D eigenvalue weighted by molar-refractivity contribution is 9.10. The van der Waals surface area contributed by atoms with Crippen LogP contribution in [0.3, 0.4) is 0 Å². The summed E-state index contributed by atoms with van der Waals surface area (Å²) >= 11 is 9.88. The molecule has 0 amide bonds. The van der Waals surface area contributed by atoms with Crippen molar-refractivity contribution in [3.63, 3.8) is 0 Å². The second-order valence-corrected chi connectivity index (χ2v) is 10.9. The molecule has 0 fully saturated rings. The zero-order valence-corrected chi connectivity index (χ0v) is 22.3. The summed E-state index contributed by atoms with van der Waals surface area (Å²) in [4.78, 5) is 18.3. The highest BCUT2D eigenvalue weighted by Gasteiger charge is 2.18. The first-order valence-electron chi connectivity index (χ1n) is 11.4. The lowest BCUT2D eigenvalue weighted by atomic mass is 9.98. The molecular weight excluding hydrogens is 542 g/mol. The molecule has 0 aliphatic rings. The van der Waals surface area contributed by atoms with Crippen molar-refractivity contribution in [2.24, 2.45) is 10.5 Å². The second-order valence-electron chi connectivity index (χ2n) is 9.62. The molecule has 182 valence electrons. The molecule has 0 unspecified atom stereocenters. The molecule has 2 heterocycles. The van der Waals surface area contributed by atoms with Crippen molar-refractivity contribution >= 4 is 55.6 Å². The van der Waals surface area contributed by atoms with Crippen molar-refractivity contribution in [2.45, 2.75) is 20.8 Å².